The van der Waals surface area contributed by atoms with E-state index in [9.17, 15) is 4.79 Å². The summed E-state index contributed by atoms with van der Waals surface area (Å²) in [4.78, 5) is 18.6. The Morgan fingerprint density at radius 3 is 3.18 bits per heavy atom. The second kappa shape index (κ2) is 6.77. The van der Waals surface area contributed by atoms with Gasteiger partial charge in [0.05, 0.1) is 12.2 Å². The quantitative estimate of drug-likeness (QED) is 0.849. The lowest BCUT2D eigenvalue weighted by Crippen LogP contribution is -2.39. The van der Waals surface area contributed by atoms with Crippen LogP contribution in [0.1, 0.15) is 60.8 Å². The van der Waals surface area contributed by atoms with Gasteiger partial charge in [-0.15, -0.1) is 0 Å². The van der Waals surface area contributed by atoms with Crippen LogP contribution in [0.2, 0.25) is 0 Å². The van der Waals surface area contributed by atoms with Crippen LogP contribution in [0.15, 0.2) is 27.3 Å². The predicted molar refractivity (Wildman–Crippen MR) is 79.5 cm³/mol. The van der Waals surface area contributed by atoms with Gasteiger partial charge in [-0.1, -0.05) is 18.5 Å². The number of unbranched alkanes of at least 4 members (excludes halogenated alkanes) is 1. The molecule has 0 aliphatic carbocycles. The van der Waals surface area contributed by atoms with Crippen LogP contribution in [0, 0.1) is 0 Å². The molecule has 118 valence electrons. The van der Waals surface area contributed by atoms with E-state index < -0.39 is 0 Å². The molecule has 0 radical (unpaired) electrons. The molecule has 1 atom stereocenters. The number of hydrogen-bond acceptors (Lipinski definition) is 5. The van der Waals surface area contributed by atoms with Crippen LogP contribution in [0.3, 0.4) is 0 Å². The Balaban J connectivity index is 1.65. The number of carbonyl (C=O) groups is 1. The molecule has 3 rings (SSSR count). The van der Waals surface area contributed by atoms with Crippen LogP contribution in [-0.4, -0.2) is 34.0 Å². The van der Waals surface area contributed by atoms with Gasteiger partial charge in [0.2, 0.25) is 5.89 Å². The van der Waals surface area contributed by atoms with E-state index in [2.05, 4.69) is 17.1 Å². The Morgan fingerprint density at radius 1 is 1.50 bits per heavy atom. The van der Waals surface area contributed by atoms with E-state index in [1.165, 1.54) is 6.26 Å². The number of likely N-dealkylation sites (tertiary alicyclic amines) is 1. The first-order valence-corrected chi connectivity index (χ1v) is 7.93. The number of nitrogens with zero attached hydrogens (tertiary/aromatic N) is 3. The number of piperidine rings is 1. The van der Waals surface area contributed by atoms with Crippen molar-refractivity contribution in [3.05, 3.63) is 35.9 Å². The molecule has 0 unspecified atom stereocenters. The number of hydrogen-bond donors (Lipinski definition) is 0. The lowest BCUT2D eigenvalue weighted by Gasteiger charge is -2.30. The number of carbonyl (C=O) groups excluding carboxylic acids is 1. The molecule has 6 heteroatoms. The molecule has 1 aliphatic rings. The highest BCUT2D eigenvalue weighted by Crippen LogP contribution is 2.26. The standard InChI is InChI=1S/C16H21N3O3/c1-2-3-8-14-17-15(22-18-14)12-6-4-9-19(11-12)16(20)13-7-5-10-21-13/h5,7,10,12H,2-4,6,8-9,11H2,1H3/t12-/m0/s1. The molecule has 1 aliphatic heterocycles. The molecule has 22 heavy (non-hydrogen) atoms. The summed E-state index contributed by atoms with van der Waals surface area (Å²) >= 11 is 0. The molecule has 0 bridgehead atoms. The number of rotatable bonds is 5. The number of aryl methyl sites for hydroxylation is 1. The van der Waals surface area contributed by atoms with Gasteiger partial charge in [0.25, 0.3) is 5.91 Å². The maximum absolute atomic E-state index is 12.3. The topological polar surface area (TPSA) is 72.4 Å². The van der Waals surface area contributed by atoms with Crippen molar-refractivity contribution in [1.29, 1.82) is 0 Å². The monoisotopic (exact) mass is 303 g/mol. The summed E-state index contributed by atoms with van der Waals surface area (Å²) in [6, 6.07) is 3.42. The Hall–Kier alpha value is -2.11. The minimum absolute atomic E-state index is 0.0691. The van der Waals surface area contributed by atoms with Crippen LogP contribution >= 0.6 is 0 Å². The number of aromatic nitrogens is 2. The molecule has 0 aromatic carbocycles. The molecular weight excluding hydrogens is 282 g/mol. The fourth-order valence-corrected chi connectivity index (χ4v) is 2.79. The number of amides is 1. The Morgan fingerprint density at radius 2 is 2.41 bits per heavy atom. The summed E-state index contributed by atoms with van der Waals surface area (Å²) < 4.78 is 10.6. The average Bonchev–Trinajstić information content (AvgIpc) is 3.24. The van der Waals surface area contributed by atoms with Crippen molar-refractivity contribution in [2.45, 2.75) is 44.9 Å². The van der Waals surface area contributed by atoms with Gasteiger partial charge in [-0.05, 0) is 31.4 Å². The molecule has 0 spiro atoms. The van der Waals surface area contributed by atoms with Gasteiger partial charge >= 0.3 is 0 Å². The van der Waals surface area contributed by atoms with Crippen molar-refractivity contribution in [2.24, 2.45) is 0 Å². The third-order valence-corrected chi connectivity index (χ3v) is 4.03. The van der Waals surface area contributed by atoms with Crippen LogP contribution in [0.4, 0.5) is 0 Å². The third kappa shape index (κ3) is 3.21. The largest absolute Gasteiger partial charge is 0.459 e. The zero-order valence-electron chi connectivity index (χ0n) is 12.8. The molecule has 0 saturated carbocycles. The van der Waals surface area contributed by atoms with Crippen molar-refractivity contribution in [1.82, 2.24) is 15.0 Å². The molecule has 2 aromatic heterocycles. The average molecular weight is 303 g/mol. The van der Waals surface area contributed by atoms with E-state index in [1.807, 2.05) is 4.90 Å². The van der Waals surface area contributed by atoms with E-state index in [0.717, 1.165) is 44.5 Å². The first kappa shape index (κ1) is 14.8. The molecule has 2 aromatic rings. The lowest BCUT2D eigenvalue weighted by molar-refractivity contribution is 0.0663. The SMILES string of the molecule is CCCCc1noc([C@H]2CCCN(C(=O)c3ccco3)C2)n1. The van der Waals surface area contributed by atoms with E-state index in [1.54, 1.807) is 12.1 Å². The first-order valence-electron chi connectivity index (χ1n) is 7.93. The maximum Gasteiger partial charge on any atom is 0.289 e. The molecule has 0 N–H and O–H groups in total. The Kier molecular flexibility index (Phi) is 4.56. The van der Waals surface area contributed by atoms with Crippen LogP contribution in [0.5, 0.6) is 0 Å². The van der Waals surface area contributed by atoms with Gasteiger partial charge in [-0.2, -0.15) is 4.98 Å². The van der Waals surface area contributed by atoms with Crippen molar-refractivity contribution in [2.75, 3.05) is 13.1 Å². The van der Waals surface area contributed by atoms with Crippen LogP contribution in [-0.2, 0) is 6.42 Å². The highest BCUT2D eigenvalue weighted by atomic mass is 16.5. The Bertz CT molecular complexity index is 606. The number of furan rings is 1. The minimum Gasteiger partial charge on any atom is -0.459 e. The molecule has 1 saturated heterocycles. The fraction of sp³-hybridized carbons (Fsp3) is 0.562. The summed E-state index contributed by atoms with van der Waals surface area (Å²) in [5.74, 6) is 1.86. The van der Waals surface area contributed by atoms with Crippen molar-refractivity contribution in [3.8, 4) is 0 Å². The van der Waals surface area contributed by atoms with Gasteiger partial charge in [0, 0.05) is 19.5 Å². The summed E-state index contributed by atoms with van der Waals surface area (Å²) in [6.45, 7) is 3.49. The van der Waals surface area contributed by atoms with Gasteiger partial charge in [0.1, 0.15) is 0 Å². The van der Waals surface area contributed by atoms with Crippen molar-refractivity contribution in [3.63, 3.8) is 0 Å². The van der Waals surface area contributed by atoms with Gasteiger partial charge in [-0.25, -0.2) is 0 Å². The van der Waals surface area contributed by atoms with Gasteiger partial charge in [0.15, 0.2) is 11.6 Å². The van der Waals surface area contributed by atoms with E-state index in [-0.39, 0.29) is 11.8 Å². The van der Waals surface area contributed by atoms with E-state index in [4.69, 9.17) is 8.94 Å². The second-order valence-electron chi connectivity index (χ2n) is 5.72. The smallest absolute Gasteiger partial charge is 0.289 e. The maximum atomic E-state index is 12.3. The van der Waals surface area contributed by atoms with Gasteiger partial charge in [-0.3, -0.25) is 4.79 Å². The van der Waals surface area contributed by atoms with E-state index >= 15 is 0 Å². The third-order valence-electron chi connectivity index (χ3n) is 4.03. The molecule has 3 heterocycles. The second-order valence-corrected chi connectivity index (χ2v) is 5.72. The summed E-state index contributed by atoms with van der Waals surface area (Å²) in [7, 11) is 0. The highest BCUT2D eigenvalue weighted by Gasteiger charge is 2.29. The summed E-state index contributed by atoms with van der Waals surface area (Å²) in [5, 5.41) is 4.04. The zero-order chi connectivity index (χ0) is 15.4. The van der Waals surface area contributed by atoms with Crippen LogP contribution in [0.25, 0.3) is 0 Å². The predicted octanol–water partition coefficient (Wildman–Crippen LogP) is 3.03. The molecule has 6 nitrogen and oxygen atoms in total. The highest BCUT2D eigenvalue weighted by molar-refractivity contribution is 5.91. The minimum atomic E-state index is -0.0691. The summed E-state index contributed by atoms with van der Waals surface area (Å²) in [5.41, 5.74) is 0. The lowest BCUT2D eigenvalue weighted by atomic mass is 9.97. The van der Waals surface area contributed by atoms with Crippen LogP contribution < -0.4 is 0 Å². The summed E-state index contributed by atoms with van der Waals surface area (Å²) in [6.07, 6.45) is 6.45. The van der Waals surface area contributed by atoms with Gasteiger partial charge < -0.3 is 13.8 Å². The zero-order valence-corrected chi connectivity index (χ0v) is 12.8. The first-order chi connectivity index (χ1) is 10.8. The van der Waals surface area contributed by atoms with Crippen molar-refractivity contribution < 1.29 is 13.7 Å². The van der Waals surface area contributed by atoms with E-state index in [0.29, 0.717) is 18.2 Å². The molecular formula is C16H21N3O3. The normalized spacial score (nSPS) is 18.6. The Labute approximate surface area is 129 Å². The van der Waals surface area contributed by atoms with Crippen molar-refractivity contribution >= 4 is 5.91 Å². The fourth-order valence-electron chi connectivity index (χ4n) is 2.79. The molecule has 1 amide bonds. The molecule has 1 fully saturated rings.